The van der Waals surface area contributed by atoms with E-state index < -0.39 is 0 Å². The van der Waals surface area contributed by atoms with E-state index in [0.29, 0.717) is 10.0 Å². The number of thioether (sulfide) groups is 2. The Kier molecular flexibility index (Phi) is 8.17. The van der Waals surface area contributed by atoms with Crippen molar-refractivity contribution in [1.82, 2.24) is 15.6 Å². The summed E-state index contributed by atoms with van der Waals surface area (Å²) in [6.07, 6.45) is 1.51. The fraction of sp³-hybridized carbons (Fsp3) is 0.111. The molecule has 0 atom stereocenters. The number of hydrogen-bond donors (Lipinski definition) is 1. The summed E-state index contributed by atoms with van der Waals surface area (Å²) in [4.78, 5) is 11.9. The van der Waals surface area contributed by atoms with Crippen LogP contribution in [0.4, 0.5) is 0 Å². The zero-order chi connectivity index (χ0) is 19.8. The highest BCUT2D eigenvalue weighted by Gasteiger charge is 2.08. The van der Waals surface area contributed by atoms with Crippen molar-refractivity contribution < 1.29 is 4.79 Å². The first-order chi connectivity index (χ1) is 13.6. The van der Waals surface area contributed by atoms with E-state index in [4.69, 9.17) is 23.2 Å². The standard InChI is InChI=1S/C18H14Cl2N4OS3/c19-14-7-6-13(8-15(14)20)9-21-22-16(25)11-27-18-24-23-17(28-18)26-10-12-4-2-1-3-5-12/h1-9H,10-11H2,(H,22,25)/b21-9+. The largest absolute Gasteiger partial charge is 0.272 e. The van der Waals surface area contributed by atoms with Gasteiger partial charge in [0, 0.05) is 5.75 Å². The summed E-state index contributed by atoms with van der Waals surface area (Å²) < 4.78 is 1.63. The lowest BCUT2D eigenvalue weighted by atomic mass is 10.2. The van der Waals surface area contributed by atoms with Gasteiger partial charge in [0.25, 0.3) is 5.91 Å². The molecule has 0 unspecified atom stereocenters. The average Bonchev–Trinajstić information content (AvgIpc) is 3.16. The number of halogens is 2. The van der Waals surface area contributed by atoms with Crippen molar-refractivity contribution in [2.24, 2.45) is 5.10 Å². The SMILES string of the molecule is O=C(CSc1nnc(SCc2ccccc2)s1)N/N=C/c1ccc(Cl)c(Cl)c1. The first-order valence-corrected chi connectivity index (χ1v) is 11.5. The second-order valence-corrected chi connectivity index (χ2v) is 9.60. The van der Waals surface area contributed by atoms with E-state index in [2.05, 4.69) is 32.9 Å². The van der Waals surface area contributed by atoms with E-state index in [1.54, 1.807) is 30.0 Å². The van der Waals surface area contributed by atoms with Gasteiger partial charge in [0.1, 0.15) is 0 Å². The first kappa shape index (κ1) is 21.1. The molecule has 0 spiro atoms. The Morgan fingerprint density at radius 2 is 1.82 bits per heavy atom. The molecule has 0 aliphatic carbocycles. The molecule has 10 heteroatoms. The lowest BCUT2D eigenvalue weighted by Crippen LogP contribution is -2.19. The second kappa shape index (κ2) is 10.8. The van der Waals surface area contributed by atoms with E-state index in [0.717, 1.165) is 20.0 Å². The molecule has 1 aromatic heterocycles. The molecule has 1 heterocycles. The van der Waals surface area contributed by atoms with Gasteiger partial charge < -0.3 is 0 Å². The van der Waals surface area contributed by atoms with E-state index in [1.807, 2.05) is 18.2 Å². The number of nitrogens with zero attached hydrogens (tertiary/aromatic N) is 3. The Morgan fingerprint density at radius 1 is 1.07 bits per heavy atom. The molecule has 0 saturated carbocycles. The summed E-state index contributed by atoms with van der Waals surface area (Å²) in [6.45, 7) is 0. The molecule has 0 aliphatic heterocycles. The fourth-order valence-corrected chi connectivity index (χ4v) is 5.04. The van der Waals surface area contributed by atoms with Crippen LogP contribution in [0.5, 0.6) is 0 Å². The lowest BCUT2D eigenvalue weighted by Gasteiger charge is -1.99. The van der Waals surface area contributed by atoms with Crippen molar-refractivity contribution >= 4 is 70.2 Å². The molecule has 0 saturated heterocycles. The highest BCUT2D eigenvalue weighted by molar-refractivity contribution is 8.03. The zero-order valence-electron chi connectivity index (χ0n) is 14.3. The predicted molar refractivity (Wildman–Crippen MR) is 119 cm³/mol. The highest BCUT2D eigenvalue weighted by Crippen LogP contribution is 2.30. The second-order valence-electron chi connectivity index (χ2n) is 5.36. The third-order valence-electron chi connectivity index (χ3n) is 3.27. The van der Waals surface area contributed by atoms with Crippen LogP contribution in [0.25, 0.3) is 0 Å². The summed E-state index contributed by atoms with van der Waals surface area (Å²) in [5.41, 5.74) is 4.45. The van der Waals surface area contributed by atoms with Gasteiger partial charge in [-0.05, 0) is 23.3 Å². The Bertz CT molecular complexity index is 966. The molecule has 0 radical (unpaired) electrons. The van der Waals surface area contributed by atoms with Crippen molar-refractivity contribution in [3.63, 3.8) is 0 Å². The van der Waals surface area contributed by atoms with Gasteiger partial charge in [0.05, 0.1) is 22.0 Å². The summed E-state index contributed by atoms with van der Waals surface area (Å²) >= 11 is 16.2. The highest BCUT2D eigenvalue weighted by atomic mass is 35.5. The molecule has 1 N–H and O–H groups in total. The van der Waals surface area contributed by atoms with Crippen molar-refractivity contribution in [2.45, 2.75) is 14.4 Å². The monoisotopic (exact) mass is 468 g/mol. The van der Waals surface area contributed by atoms with Crippen LogP contribution in [0.1, 0.15) is 11.1 Å². The molecular formula is C18H14Cl2N4OS3. The molecule has 0 bridgehead atoms. The third-order valence-corrected chi connectivity index (χ3v) is 7.27. The van der Waals surface area contributed by atoms with Crippen LogP contribution in [0.15, 0.2) is 62.3 Å². The Hall–Kier alpha value is -1.58. The maximum absolute atomic E-state index is 11.9. The average molecular weight is 469 g/mol. The number of hydrazone groups is 1. The van der Waals surface area contributed by atoms with Crippen molar-refractivity contribution in [1.29, 1.82) is 0 Å². The number of carbonyl (C=O) groups excluding carboxylic acids is 1. The molecule has 5 nitrogen and oxygen atoms in total. The Balaban J connectivity index is 1.41. The topological polar surface area (TPSA) is 67.2 Å². The van der Waals surface area contributed by atoms with Crippen LogP contribution in [-0.4, -0.2) is 28.1 Å². The van der Waals surface area contributed by atoms with Crippen molar-refractivity contribution in [3.8, 4) is 0 Å². The van der Waals surface area contributed by atoms with Crippen LogP contribution >= 0.6 is 58.1 Å². The van der Waals surface area contributed by atoms with Gasteiger partial charge in [-0.1, -0.05) is 94.5 Å². The summed E-state index contributed by atoms with van der Waals surface area (Å²) in [7, 11) is 0. The summed E-state index contributed by atoms with van der Waals surface area (Å²) in [5.74, 6) is 0.816. The number of benzene rings is 2. The number of nitrogens with one attached hydrogen (secondary N) is 1. The van der Waals surface area contributed by atoms with Crippen molar-refractivity contribution in [2.75, 3.05) is 5.75 Å². The molecule has 2 aromatic carbocycles. The molecule has 0 aliphatic rings. The number of amides is 1. The normalized spacial score (nSPS) is 11.1. The quantitative estimate of drug-likeness (QED) is 0.273. The van der Waals surface area contributed by atoms with E-state index in [9.17, 15) is 4.79 Å². The smallest absolute Gasteiger partial charge is 0.250 e. The maximum Gasteiger partial charge on any atom is 0.250 e. The molecule has 3 aromatic rings. The van der Waals surface area contributed by atoms with Gasteiger partial charge in [-0.25, -0.2) is 5.43 Å². The third kappa shape index (κ3) is 6.79. The van der Waals surface area contributed by atoms with Gasteiger partial charge in [0.2, 0.25) is 0 Å². The number of aromatic nitrogens is 2. The maximum atomic E-state index is 11.9. The van der Waals surface area contributed by atoms with E-state index >= 15 is 0 Å². The van der Waals surface area contributed by atoms with E-state index in [1.165, 1.54) is 34.9 Å². The van der Waals surface area contributed by atoms with Crippen LogP contribution in [0, 0.1) is 0 Å². The van der Waals surface area contributed by atoms with Crippen LogP contribution in [-0.2, 0) is 10.5 Å². The van der Waals surface area contributed by atoms with Gasteiger partial charge in [-0.2, -0.15) is 5.10 Å². The molecule has 3 rings (SSSR count). The summed E-state index contributed by atoms with van der Waals surface area (Å²) in [6, 6.07) is 15.3. The fourth-order valence-electron chi connectivity index (χ4n) is 1.96. The summed E-state index contributed by atoms with van der Waals surface area (Å²) in [5, 5.41) is 13.1. The minimum absolute atomic E-state index is 0.205. The molecular weight excluding hydrogens is 455 g/mol. The minimum atomic E-state index is -0.227. The van der Waals surface area contributed by atoms with E-state index in [-0.39, 0.29) is 11.7 Å². The molecule has 144 valence electrons. The van der Waals surface area contributed by atoms with Crippen LogP contribution < -0.4 is 5.43 Å². The molecule has 0 fully saturated rings. The Morgan fingerprint density at radius 3 is 2.57 bits per heavy atom. The number of rotatable bonds is 8. The lowest BCUT2D eigenvalue weighted by molar-refractivity contribution is -0.118. The minimum Gasteiger partial charge on any atom is -0.272 e. The number of carbonyl (C=O) groups is 1. The Labute approximate surface area is 184 Å². The zero-order valence-corrected chi connectivity index (χ0v) is 18.3. The number of hydrogen-bond acceptors (Lipinski definition) is 7. The van der Waals surface area contributed by atoms with Gasteiger partial charge >= 0.3 is 0 Å². The first-order valence-electron chi connectivity index (χ1n) is 8.00. The van der Waals surface area contributed by atoms with Crippen LogP contribution in [0.3, 0.4) is 0 Å². The van der Waals surface area contributed by atoms with Crippen LogP contribution in [0.2, 0.25) is 10.0 Å². The molecule has 1 amide bonds. The van der Waals surface area contributed by atoms with Crippen molar-refractivity contribution in [3.05, 3.63) is 69.7 Å². The molecule has 28 heavy (non-hydrogen) atoms. The predicted octanol–water partition coefficient (Wildman–Crippen LogP) is 5.38. The van der Waals surface area contributed by atoms with Gasteiger partial charge in [-0.3, -0.25) is 4.79 Å². The van der Waals surface area contributed by atoms with Gasteiger partial charge in [0.15, 0.2) is 8.68 Å². The van der Waals surface area contributed by atoms with Gasteiger partial charge in [-0.15, -0.1) is 10.2 Å².